The van der Waals surface area contributed by atoms with Crippen LogP contribution in [0, 0.1) is 0 Å². The Morgan fingerprint density at radius 2 is 1.35 bits per heavy atom. The summed E-state index contributed by atoms with van der Waals surface area (Å²) in [4.78, 5) is 12.5. The summed E-state index contributed by atoms with van der Waals surface area (Å²) in [7, 11) is 0.156. The lowest BCUT2D eigenvalue weighted by Gasteiger charge is -2.23. The number of carbonyl (C=O) groups is 1. The number of anilines is 1. The van der Waals surface area contributed by atoms with Crippen LogP contribution in [0.3, 0.4) is 0 Å². The van der Waals surface area contributed by atoms with Crippen molar-refractivity contribution in [2.75, 3.05) is 19.4 Å². The monoisotopic (exact) mass is 364 g/mol. The van der Waals surface area contributed by atoms with Crippen LogP contribution in [0.4, 0.5) is 5.69 Å². The third-order valence-electron chi connectivity index (χ3n) is 4.34. The second-order valence-corrected chi connectivity index (χ2v) is 8.57. The summed E-state index contributed by atoms with van der Waals surface area (Å²) in [5, 5.41) is 7.65. The fraction of sp³-hybridized carbons (Fsp3) is 0.0952. The van der Waals surface area contributed by atoms with Gasteiger partial charge < -0.3 is 15.2 Å². The van der Waals surface area contributed by atoms with Crippen LogP contribution in [-0.4, -0.2) is 20.0 Å². The molecule has 0 atom stereocenters. The Bertz CT molecular complexity index is 913. The lowest BCUT2D eigenvalue weighted by atomic mass is 10.2. The summed E-state index contributed by atoms with van der Waals surface area (Å²) in [5.41, 5.74) is 1.22. The first kappa shape index (κ1) is 18.0. The van der Waals surface area contributed by atoms with Crippen LogP contribution in [-0.2, 0) is 4.57 Å². The molecule has 0 aliphatic carbocycles. The van der Waals surface area contributed by atoms with Crippen LogP contribution in [0.25, 0.3) is 0 Å². The van der Waals surface area contributed by atoms with E-state index >= 15 is 0 Å². The smallest absolute Gasteiger partial charge is 0.251 e. The molecule has 0 bridgehead atoms. The third-order valence-corrected chi connectivity index (χ3v) is 7.44. The zero-order valence-electron chi connectivity index (χ0n) is 14.8. The topological polar surface area (TPSA) is 58.2 Å². The van der Waals surface area contributed by atoms with Crippen LogP contribution in [0.2, 0.25) is 0 Å². The van der Waals surface area contributed by atoms with Crippen molar-refractivity contribution >= 4 is 34.7 Å². The molecule has 0 aliphatic rings. The molecule has 5 heteroatoms. The molecule has 0 unspecified atom stereocenters. The summed E-state index contributed by atoms with van der Waals surface area (Å²) < 4.78 is 14.5. The van der Waals surface area contributed by atoms with Gasteiger partial charge in [-0.15, -0.1) is 0 Å². The Kier molecular flexibility index (Phi) is 5.24. The Labute approximate surface area is 153 Å². The Morgan fingerprint density at radius 3 is 1.81 bits per heavy atom. The van der Waals surface area contributed by atoms with E-state index in [1.165, 1.54) is 0 Å². The van der Waals surface area contributed by atoms with Gasteiger partial charge >= 0.3 is 0 Å². The normalized spacial score (nSPS) is 11.0. The van der Waals surface area contributed by atoms with Crippen molar-refractivity contribution in [1.82, 2.24) is 5.32 Å². The maximum Gasteiger partial charge on any atom is 0.251 e. The molecule has 132 valence electrons. The number of carbonyl (C=O) groups excluding carboxylic acids is 1. The molecule has 1 amide bonds. The molecule has 0 saturated carbocycles. The molecule has 3 aromatic rings. The van der Waals surface area contributed by atoms with Gasteiger partial charge in [0.1, 0.15) is 0 Å². The Balaban J connectivity index is 2.37. The van der Waals surface area contributed by atoms with Gasteiger partial charge in [-0.1, -0.05) is 60.7 Å². The van der Waals surface area contributed by atoms with E-state index in [-0.39, 0.29) is 5.91 Å². The second kappa shape index (κ2) is 7.59. The molecule has 0 radical (unpaired) electrons. The van der Waals surface area contributed by atoms with E-state index in [4.69, 9.17) is 0 Å². The number of benzene rings is 3. The van der Waals surface area contributed by atoms with E-state index in [1.807, 2.05) is 72.8 Å². The SMILES string of the molecule is CNC(=O)c1ccc(NC)cc1P(=O)(c1ccccc1)c1ccccc1. The predicted molar refractivity (Wildman–Crippen MR) is 109 cm³/mol. The van der Waals surface area contributed by atoms with E-state index in [1.54, 1.807) is 20.2 Å². The average molecular weight is 364 g/mol. The summed E-state index contributed by atoms with van der Waals surface area (Å²) in [5.74, 6) is -0.255. The zero-order valence-corrected chi connectivity index (χ0v) is 15.7. The number of nitrogens with one attached hydrogen (secondary N) is 2. The van der Waals surface area contributed by atoms with Crippen molar-refractivity contribution in [3.63, 3.8) is 0 Å². The van der Waals surface area contributed by atoms with Crippen LogP contribution in [0.1, 0.15) is 10.4 Å². The maximum absolute atomic E-state index is 14.5. The lowest BCUT2D eigenvalue weighted by Crippen LogP contribution is -2.32. The molecule has 0 fully saturated rings. The van der Waals surface area contributed by atoms with E-state index in [0.717, 1.165) is 5.69 Å². The second-order valence-electron chi connectivity index (χ2n) is 5.84. The first-order valence-electron chi connectivity index (χ1n) is 8.37. The number of rotatable bonds is 5. The highest BCUT2D eigenvalue weighted by Crippen LogP contribution is 2.43. The molecule has 0 aromatic heterocycles. The lowest BCUT2D eigenvalue weighted by molar-refractivity contribution is 0.0964. The third kappa shape index (κ3) is 3.16. The van der Waals surface area contributed by atoms with Crippen molar-refractivity contribution in [2.45, 2.75) is 0 Å². The molecular weight excluding hydrogens is 343 g/mol. The molecule has 0 spiro atoms. The van der Waals surface area contributed by atoms with E-state index in [0.29, 0.717) is 21.5 Å². The minimum Gasteiger partial charge on any atom is -0.388 e. The summed E-state index contributed by atoms with van der Waals surface area (Å²) in [6.45, 7) is 0. The van der Waals surface area contributed by atoms with Crippen molar-refractivity contribution in [3.05, 3.63) is 84.4 Å². The van der Waals surface area contributed by atoms with E-state index < -0.39 is 7.14 Å². The van der Waals surface area contributed by atoms with Gasteiger partial charge in [-0.05, 0) is 18.2 Å². The molecule has 3 rings (SSSR count). The molecule has 0 heterocycles. The van der Waals surface area contributed by atoms with Crippen LogP contribution in [0.15, 0.2) is 78.9 Å². The van der Waals surface area contributed by atoms with Crippen LogP contribution >= 0.6 is 7.14 Å². The van der Waals surface area contributed by atoms with Crippen molar-refractivity contribution < 1.29 is 9.36 Å². The molecule has 26 heavy (non-hydrogen) atoms. The highest BCUT2D eigenvalue weighted by molar-refractivity contribution is 7.85. The average Bonchev–Trinajstić information content (AvgIpc) is 2.73. The molecule has 0 saturated heterocycles. The van der Waals surface area contributed by atoms with Crippen LogP contribution in [0.5, 0.6) is 0 Å². The van der Waals surface area contributed by atoms with Gasteiger partial charge in [0.2, 0.25) is 0 Å². The van der Waals surface area contributed by atoms with Gasteiger partial charge in [0.25, 0.3) is 5.91 Å². The summed E-state index contributed by atoms with van der Waals surface area (Å²) >= 11 is 0. The quantitative estimate of drug-likeness (QED) is 0.685. The largest absolute Gasteiger partial charge is 0.388 e. The van der Waals surface area contributed by atoms with Crippen molar-refractivity contribution in [2.24, 2.45) is 0 Å². The minimum absolute atomic E-state index is 0.255. The summed E-state index contributed by atoms with van der Waals surface area (Å²) in [6, 6.07) is 24.0. The minimum atomic E-state index is -3.22. The van der Waals surface area contributed by atoms with Crippen LogP contribution < -0.4 is 26.5 Å². The van der Waals surface area contributed by atoms with Gasteiger partial charge in [-0.2, -0.15) is 0 Å². The molecule has 3 aromatic carbocycles. The standard InChI is InChI=1S/C21H21N2O2P/c1-22-16-13-14-19(21(24)23-2)20(15-16)26(25,17-9-5-3-6-10-17)18-11-7-4-8-12-18/h3-15,22H,1-2H3,(H,23,24). The van der Waals surface area contributed by atoms with Gasteiger partial charge in [0.05, 0.1) is 5.56 Å². The number of amides is 1. The fourth-order valence-electron chi connectivity index (χ4n) is 2.98. The Hall–Kier alpha value is -2.84. The molecule has 0 aliphatic heterocycles. The zero-order chi connectivity index (χ0) is 18.6. The molecule has 4 nitrogen and oxygen atoms in total. The summed E-state index contributed by atoms with van der Waals surface area (Å²) in [6.07, 6.45) is 0. The molecular formula is C21H21N2O2P. The predicted octanol–water partition coefficient (Wildman–Crippen LogP) is 2.73. The first-order chi connectivity index (χ1) is 12.6. The van der Waals surface area contributed by atoms with Gasteiger partial charge in [-0.3, -0.25) is 4.79 Å². The van der Waals surface area contributed by atoms with Gasteiger partial charge in [0, 0.05) is 35.7 Å². The van der Waals surface area contributed by atoms with Crippen molar-refractivity contribution in [1.29, 1.82) is 0 Å². The fourth-order valence-corrected chi connectivity index (χ4v) is 5.85. The highest BCUT2D eigenvalue weighted by atomic mass is 31.2. The van der Waals surface area contributed by atoms with Crippen molar-refractivity contribution in [3.8, 4) is 0 Å². The number of hydrogen-bond acceptors (Lipinski definition) is 3. The van der Waals surface area contributed by atoms with Gasteiger partial charge in [-0.25, -0.2) is 0 Å². The van der Waals surface area contributed by atoms with E-state index in [2.05, 4.69) is 10.6 Å². The highest BCUT2D eigenvalue weighted by Gasteiger charge is 2.33. The van der Waals surface area contributed by atoms with Gasteiger partial charge in [0.15, 0.2) is 7.14 Å². The Morgan fingerprint density at radius 1 is 0.808 bits per heavy atom. The molecule has 2 N–H and O–H groups in total. The maximum atomic E-state index is 14.5. The first-order valence-corrected chi connectivity index (χ1v) is 10.1. The number of hydrogen-bond donors (Lipinski definition) is 2. The van der Waals surface area contributed by atoms with E-state index in [9.17, 15) is 9.36 Å².